The van der Waals surface area contributed by atoms with E-state index in [-0.39, 0.29) is 6.04 Å². The van der Waals surface area contributed by atoms with E-state index >= 15 is 0 Å². The van der Waals surface area contributed by atoms with Crippen LogP contribution in [-0.2, 0) is 13.0 Å². The van der Waals surface area contributed by atoms with Crippen molar-refractivity contribution in [2.24, 2.45) is 0 Å². The van der Waals surface area contributed by atoms with Crippen LogP contribution in [0, 0.1) is 0 Å². The monoisotopic (exact) mass is 321 g/mol. The van der Waals surface area contributed by atoms with E-state index in [9.17, 15) is 13.6 Å². The molecule has 2 unspecified atom stereocenters. The fourth-order valence-electron chi connectivity index (χ4n) is 2.68. The molecule has 2 heterocycles. The van der Waals surface area contributed by atoms with Gasteiger partial charge in [0.2, 0.25) is 0 Å². The molecule has 1 aliphatic rings. The second-order valence-electron chi connectivity index (χ2n) is 5.43. The standard InChI is InChI=1S/C15H17F2N5O/c16-14(17)13(10-4-2-1-3-5-10)21-15(23)20-11-6-7-12-18-9-19-22(12)8-11/h1-5,9,11,13-14H,6-8H2,(H2,20,21,23). The molecule has 2 N–H and O–H groups in total. The number of urea groups is 1. The topological polar surface area (TPSA) is 71.8 Å². The van der Waals surface area contributed by atoms with Crippen LogP contribution in [0.4, 0.5) is 13.6 Å². The van der Waals surface area contributed by atoms with E-state index in [1.54, 1.807) is 35.0 Å². The third-order valence-electron chi connectivity index (χ3n) is 3.84. The van der Waals surface area contributed by atoms with Gasteiger partial charge >= 0.3 is 6.03 Å². The third kappa shape index (κ3) is 3.64. The lowest BCUT2D eigenvalue weighted by molar-refractivity contribution is 0.101. The van der Waals surface area contributed by atoms with Crippen molar-refractivity contribution in [3.63, 3.8) is 0 Å². The maximum absolute atomic E-state index is 13.2. The predicted molar refractivity (Wildman–Crippen MR) is 79.0 cm³/mol. The number of aryl methyl sites for hydroxylation is 1. The molecule has 0 fully saturated rings. The maximum Gasteiger partial charge on any atom is 0.315 e. The number of nitrogens with one attached hydrogen (secondary N) is 2. The van der Waals surface area contributed by atoms with Gasteiger partial charge in [-0.05, 0) is 12.0 Å². The Labute approximate surface area is 131 Å². The molecular weight excluding hydrogens is 304 g/mol. The Kier molecular flexibility index (Phi) is 4.50. The van der Waals surface area contributed by atoms with Crippen molar-refractivity contribution in [3.8, 4) is 0 Å². The van der Waals surface area contributed by atoms with E-state index in [1.165, 1.54) is 6.33 Å². The molecule has 0 radical (unpaired) electrons. The van der Waals surface area contributed by atoms with Gasteiger partial charge in [-0.15, -0.1) is 0 Å². The minimum atomic E-state index is -2.68. The number of rotatable bonds is 4. The molecule has 0 saturated heterocycles. The summed E-state index contributed by atoms with van der Waals surface area (Å²) in [4.78, 5) is 16.2. The summed E-state index contributed by atoms with van der Waals surface area (Å²) in [6, 6.07) is 6.12. The SMILES string of the molecule is O=C(NC1CCc2ncnn2C1)NC(c1ccccc1)C(F)F. The van der Waals surface area contributed by atoms with E-state index in [1.807, 2.05) is 0 Å². The molecule has 8 heteroatoms. The van der Waals surface area contributed by atoms with Gasteiger partial charge in [0.15, 0.2) is 0 Å². The Morgan fingerprint density at radius 3 is 2.83 bits per heavy atom. The Morgan fingerprint density at radius 2 is 2.09 bits per heavy atom. The smallest absolute Gasteiger partial charge is 0.315 e. The van der Waals surface area contributed by atoms with Gasteiger partial charge in [-0.1, -0.05) is 30.3 Å². The van der Waals surface area contributed by atoms with Crippen LogP contribution in [0.3, 0.4) is 0 Å². The molecule has 2 aromatic rings. The first kappa shape index (κ1) is 15.4. The third-order valence-corrected chi connectivity index (χ3v) is 3.84. The zero-order chi connectivity index (χ0) is 16.2. The lowest BCUT2D eigenvalue weighted by Crippen LogP contribution is -2.48. The summed E-state index contributed by atoms with van der Waals surface area (Å²) >= 11 is 0. The molecule has 122 valence electrons. The molecule has 23 heavy (non-hydrogen) atoms. The minimum absolute atomic E-state index is 0.154. The van der Waals surface area contributed by atoms with E-state index in [0.717, 1.165) is 5.82 Å². The molecule has 1 aromatic carbocycles. The van der Waals surface area contributed by atoms with E-state index in [2.05, 4.69) is 20.7 Å². The second kappa shape index (κ2) is 6.72. The van der Waals surface area contributed by atoms with Gasteiger partial charge in [0.05, 0.1) is 12.6 Å². The quantitative estimate of drug-likeness (QED) is 0.903. The number of carbonyl (C=O) groups excluding carboxylic acids is 1. The van der Waals surface area contributed by atoms with Gasteiger partial charge in [0, 0.05) is 6.42 Å². The number of halogens is 2. The lowest BCUT2D eigenvalue weighted by atomic mass is 10.1. The summed E-state index contributed by atoms with van der Waals surface area (Å²) in [5.41, 5.74) is 0.375. The molecule has 0 saturated carbocycles. The number of alkyl halides is 2. The van der Waals surface area contributed by atoms with Crippen LogP contribution in [0.25, 0.3) is 0 Å². The Balaban J connectivity index is 1.60. The molecule has 0 spiro atoms. The summed E-state index contributed by atoms with van der Waals surface area (Å²) in [7, 11) is 0. The number of carbonyl (C=O) groups is 1. The summed E-state index contributed by atoms with van der Waals surface area (Å²) in [6.45, 7) is 0.493. The van der Waals surface area contributed by atoms with Crippen LogP contribution in [-0.4, -0.2) is 33.3 Å². The van der Waals surface area contributed by atoms with E-state index in [0.29, 0.717) is 24.9 Å². The van der Waals surface area contributed by atoms with Crippen molar-refractivity contribution in [2.45, 2.75) is 37.9 Å². The van der Waals surface area contributed by atoms with Crippen LogP contribution in [0.15, 0.2) is 36.7 Å². The first-order valence-corrected chi connectivity index (χ1v) is 7.40. The molecule has 1 aromatic heterocycles. The fraction of sp³-hybridized carbons (Fsp3) is 0.400. The Hall–Kier alpha value is -2.51. The molecule has 3 rings (SSSR count). The minimum Gasteiger partial charge on any atom is -0.334 e. The molecule has 2 atom stereocenters. The number of nitrogens with zero attached hydrogens (tertiary/aromatic N) is 3. The molecule has 0 aliphatic carbocycles. The average Bonchev–Trinajstić information content (AvgIpc) is 3.01. The van der Waals surface area contributed by atoms with Crippen molar-refractivity contribution in [2.75, 3.05) is 0 Å². The zero-order valence-electron chi connectivity index (χ0n) is 12.3. The van der Waals surface area contributed by atoms with Gasteiger partial charge < -0.3 is 10.6 Å². The lowest BCUT2D eigenvalue weighted by Gasteiger charge is -2.25. The first-order chi connectivity index (χ1) is 11.1. The van der Waals surface area contributed by atoms with Crippen molar-refractivity contribution in [3.05, 3.63) is 48.0 Å². The highest BCUT2D eigenvalue weighted by molar-refractivity contribution is 5.74. The van der Waals surface area contributed by atoms with E-state index in [4.69, 9.17) is 0 Å². The number of benzene rings is 1. The van der Waals surface area contributed by atoms with Crippen LogP contribution >= 0.6 is 0 Å². The van der Waals surface area contributed by atoms with Crippen LogP contribution in [0.5, 0.6) is 0 Å². The molecule has 0 bridgehead atoms. The summed E-state index contributed by atoms with van der Waals surface area (Å²) in [6.07, 6.45) is 0.190. The van der Waals surface area contributed by atoms with Gasteiger partial charge in [-0.2, -0.15) is 5.10 Å². The summed E-state index contributed by atoms with van der Waals surface area (Å²) in [5, 5.41) is 9.15. The number of amides is 2. The summed E-state index contributed by atoms with van der Waals surface area (Å²) < 4.78 is 28.1. The number of hydrogen-bond acceptors (Lipinski definition) is 3. The molecule has 1 aliphatic heterocycles. The molecule has 6 nitrogen and oxygen atoms in total. The second-order valence-corrected chi connectivity index (χ2v) is 5.43. The normalized spacial score (nSPS) is 18.3. The van der Waals surface area contributed by atoms with Crippen LogP contribution in [0.2, 0.25) is 0 Å². The van der Waals surface area contributed by atoms with Crippen LogP contribution in [0.1, 0.15) is 23.9 Å². The van der Waals surface area contributed by atoms with Crippen molar-refractivity contribution < 1.29 is 13.6 Å². The van der Waals surface area contributed by atoms with Gasteiger partial charge in [0.1, 0.15) is 18.2 Å². The van der Waals surface area contributed by atoms with E-state index < -0.39 is 18.5 Å². The zero-order valence-corrected chi connectivity index (χ0v) is 12.3. The van der Waals surface area contributed by atoms with Crippen molar-refractivity contribution in [1.29, 1.82) is 0 Å². The first-order valence-electron chi connectivity index (χ1n) is 7.40. The number of hydrogen-bond donors (Lipinski definition) is 2. The number of fused-ring (bicyclic) bond motifs is 1. The molecule has 2 amide bonds. The molecular formula is C15H17F2N5O. The van der Waals surface area contributed by atoms with Gasteiger partial charge in [-0.25, -0.2) is 23.2 Å². The largest absolute Gasteiger partial charge is 0.334 e. The maximum atomic E-state index is 13.2. The Morgan fingerprint density at radius 1 is 1.30 bits per heavy atom. The highest BCUT2D eigenvalue weighted by atomic mass is 19.3. The average molecular weight is 321 g/mol. The predicted octanol–water partition coefficient (Wildman–Crippen LogP) is 1.90. The Bertz CT molecular complexity index is 661. The van der Waals surface area contributed by atoms with Gasteiger partial charge in [0.25, 0.3) is 6.43 Å². The van der Waals surface area contributed by atoms with Gasteiger partial charge in [-0.3, -0.25) is 0 Å². The highest BCUT2D eigenvalue weighted by Gasteiger charge is 2.26. The summed E-state index contributed by atoms with van der Waals surface area (Å²) in [5.74, 6) is 0.873. The van der Waals surface area contributed by atoms with Crippen molar-refractivity contribution in [1.82, 2.24) is 25.4 Å². The fourth-order valence-corrected chi connectivity index (χ4v) is 2.68. The van der Waals surface area contributed by atoms with Crippen molar-refractivity contribution >= 4 is 6.03 Å². The van der Waals surface area contributed by atoms with Crippen LogP contribution < -0.4 is 10.6 Å². The number of aromatic nitrogens is 3. The highest BCUT2D eigenvalue weighted by Crippen LogP contribution is 2.20.